The molecular formula is C24H31ClN2O2S. The average molecular weight is 447 g/mol. The van der Waals surface area contributed by atoms with E-state index in [4.69, 9.17) is 11.6 Å². The van der Waals surface area contributed by atoms with E-state index < -0.39 is 5.41 Å². The van der Waals surface area contributed by atoms with Crippen molar-refractivity contribution in [3.63, 3.8) is 0 Å². The Balaban J connectivity index is 1.89. The topological polar surface area (TPSA) is 40.6 Å². The lowest BCUT2D eigenvalue weighted by atomic mass is 9.92. The van der Waals surface area contributed by atoms with Crippen LogP contribution >= 0.6 is 22.9 Å². The molecule has 1 aliphatic heterocycles. The fourth-order valence-corrected chi connectivity index (χ4v) is 4.97. The summed E-state index contributed by atoms with van der Waals surface area (Å²) in [6, 6.07) is 10.4. The van der Waals surface area contributed by atoms with Gasteiger partial charge in [0.05, 0.1) is 18.0 Å². The van der Waals surface area contributed by atoms with Gasteiger partial charge in [-0.1, -0.05) is 36.8 Å². The summed E-state index contributed by atoms with van der Waals surface area (Å²) in [6.07, 6.45) is 1.66. The largest absolute Gasteiger partial charge is 0.333 e. The second-order valence-electron chi connectivity index (χ2n) is 8.69. The van der Waals surface area contributed by atoms with Crippen LogP contribution in [0.1, 0.15) is 54.8 Å². The predicted molar refractivity (Wildman–Crippen MR) is 124 cm³/mol. The Kier molecular flexibility index (Phi) is 7.25. The van der Waals surface area contributed by atoms with E-state index in [1.165, 1.54) is 16.0 Å². The monoisotopic (exact) mass is 446 g/mol. The molecule has 162 valence electrons. The lowest BCUT2D eigenvalue weighted by Crippen LogP contribution is -2.50. The van der Waals surface area contributed by atoms with E-state index >= 15 is 0 Å². The fourth-order valence-electron chi connectivity index (χ4n) is 3.95. The quantitative estimate of drug-likeness (QED) is 0.559. The maximum absolute atomic E-state index is 13.5. The van der Waals surface area contributed by atoms with E-state index in [1.54, 1.807) is 16.2 Å². The van der Waals surface area contributed by atoms with Crippen molar-refractivity contribution in [1.82, 2.24) is 9.80 Å². The van der Waals surface area contributed by atoms with E-state index in [0.29, 0.717) is 13.1 Å². The number of alkyl halides is 1. The van der Waals surface area contributed by atoms with Crippen molar-refractivity contribution in [3.05, 3.63) is 57.3 Å². The van der Waals surface area contributed by atoms with Gasteiger partial charge in [0.2, 0.25) is 11.8 Å². The average Bonchev–Trinajstić information content (AvgIpc) is 3.21. The zero-order chi connectivity index (χ0) is 21.9. The van der Waals surface area contributed by atoms with Crippen LogP contribution in [0.3, 0.4) is 0 Å². The number of carbonyl (C=O) groups excluding carboxylic acids is 2. The summed E-state index contributed by atoms with van der Waals surface area (Å²) in [4.78, 5) is 31.5. The third-order valence-corrected chi connectivity index (χ3v) is 7.36. The maximum atomic E-state index is 13.5. The van der Waals surface area contributed by atoms with Gasteiger partial charge in [-0.05, 0) is 56.2 Å². The van der Waals surface area contributed by atoms with E-state index in [1.807, 2.05) is 25.7 Å². The molecule has 0 saturated carbocycles. The Morgan fingerprint density at radius 1 is 1.23 bits per heavy atom. The van der Waals surface area contributed by atoms with Crippen LogP contribution in [-0.4, -0.2) is 47.1 Å². The summed E-state index contributed by atoms with van der Waals surface area (Å²) in [7, 11) is 0. The van der Waals surface area contributed by atoms with Crippen LogP contribution in [0.5, 0.6) is 0 Å². The van der Waals surface area contributed by atoms with Crippen molar-refractivity contribution >= 4 is 34.8 Å². The van der Waals surface area contributed by atoms with Crippen LogP contribution in [0.25, 0.3) is 0 Å². The summed E-state index contributed by atoms with van der Waals surface area (Å²) in [5.74, 6) is 0.159. The van der Waals surface area contributed by atoms with Crippen molar-refractivity contribution in [3.8, 4) is 0 Å². The molecule has 30 heavy (non-hydrogen) atoms. The van der Waals surface area contributed by atoms with Gasteiger partial charge in [-0.15, -0.1) is 22.9 Å². The van der Waals surface area contributed by atoms with Crippen LogP contribution in [0.2, 0.25) is 0 Å². The molecule has 0 bridgehead atoms. The first-order valence-corrected chi connectivity index (χ1v) is 12.0. The highest BCUT2D eigenvalue weighted by Gasteiger charge is 2.36. The second-order valence-corrected chi connectivity index (χ2v) is 9.96. The number of aryl methyl sites for hydroxylation is 1. The molecule has 0 saturated heterocycles. The first kappa shape index (κ1) is 22.8. The SMILES string of the molecule is CCCN(CC(=O)N1CCc2sccc2C1c1ccc(C)cc1)C(=O)C(C)(C)CCl. The van der Waals surface area contributed by atoms with E-state index in [2.05, 4.69) is 42.6 Å². The summed E-state index contributed by atoms with van der Waals surface area (Å²) in [5, 5.41) is 2.11. The molecule has 2 aromatic rings. The highest BCUT2D eigenvalue weighted by atomic mass is 35.5. The zero-order valence-corrected chi connectivity index (χ0v) is 19.9. The third-order valence-electron chi connectivity index (χ3n) is 5.70. The molecule has 0 fully saturated rings. The summed E-state index contributed by atoms with van der Waals surface area (Å²) in [5.41, 5.74) is 2.83. The summed E-state index contributed by atoms with van der Waals surface area (Å²) < 4.78 is 0. The van der Waals surface area contributed by atoms with Crippen LogP contribution in [0.15, 0.2) is 35.7 Å². The Bertz CT molecular complexity index is 891. The first-order chi connectivity index (χ1) is 14.3. The van der Waals surface area contributed by atoms with Gasteiger partial charge in [0.25, 0.3) is 0 Å². The standard InChI is InChI=1S/C24H31ClN2O2S/c1-5-12-26(23(29)24(3,4)16-25)15-21(28)27-13-10-20-19(11-14-30-20)22(27)18-8-6-17(2)7-9-18/h6-9,11,14,22H,5,10,12-13,15-16H2,1-4H3. The number of fused-ring (bicyclic) bond motifs is 1. The number of rotatable bonds is 7. The van der Waals surface area contributed by atoms with Crippen LogP contribution < -0.4 is 0 Å². The molecule has 2 heterocycles. The van der Waals surface area contributed by atoms with Gasteiger partial charge in [-0.3, -0.25) is 9.59 Å². The van der Waals surface area contributed by atoms with Crippen molar-refractivity contribution in [2.75, 3.05) is 25.5 Å². The number of benzene rings is 1. The van der Waals surface area contributed by atoms with Crippen molar-refractivity contribution in [1.29, 1.82) is 0 Å². The van der Waals surface area contributed by atoms with Crippen LogP contribution in [0.4, 0.5) is 0 Å². The maximum Gasteiger partial charge on any atom is 0.242 e. The number of carbonyl (C=O) groups is 2. The fraction of sp³-hybridized carbons (Fsp3) is 0.500. The molecule has 1 aliphatic rings. The molecule has 3 rings (SSSR count). The van der Waals surface area contributed by atoms with Gasteiger partial charge in [0.15, 0.2) is 0 Å². The molecule has 1 atom stereocenters. The van der Waals surface area contributed by atoms with Gasteiger partial charge < -0.3 is 9.80 Å². The van der Waals surface area contributed by atoms with Gasteiger partial charge in [0, 0.05) is 23.8 Å². The summed E-state index contributed by atoms with van der Waals surface area (Å²) in [6.45, 7) is 9.07. The lowest BCUT2D eigenvalue weighted by Gasteiger charge is -2.38. The smallest absolute Gasteiger partial charge is 0.242 e. The Morgan fingerprint density at radius 3 is 2.57 bits per heavy atom. The van der Waals surface area contributed by atoms with Crippen molar-refractivity contribution in [2.45, 2.75) is 46.6 Å². The number of nitrogens with zero attached hydrogens (tertiary/aromatic N) is 2. The molecule has 1 aromatic carbocycles. The third kappa shape index (κ3) is 4.73. The number of hydrogen-bond donors (Lipinski definition) is 0. The lowest BCUT2D eigenvalue weighted by molar-refractivity contribution is -0.146. The first-order valence-electron chi connectivity index (χ1n) is 10.6. The number of amides is 2. The molecule has 0 N–H and O–H groups in total. The van der Waals surface area contributed by atoms with Crippen molar-refractivity contribution < 1.29 is 9.59 Å². The summed E-state index contributed by atoms with van der Waals surface area (Å²) >= 11 is 7.79. The number of halogens is 1. The minimum absolute atomic E-state index is 0.00963. The highest BCUT2D eigenvalue weighted by Crippen LogP contribution is 2.38. The minimum Gasteiger partial charge on any atom is -0.333 e. The molecule has 4 nitrogen and oxygen atoms in total. The number of hydrogen-bond acceptors (Lipinski definition) is 3. The Labute approximate surface area is 188 Å². The molecule has 0 radical (unpaired) electrons. The van der Waals surface area contributed by atoms with Crippen LogP contribution in [-0.2, 0) is 16.0 Å². The van der Waals surface area contributed by atoms with Gasteiger partial charge in [0.1, 0.15) is 0 Å². The van der Waals surface area contributed by atoms with Crippen LogP contribution in [0, 0.1) is 12.3 Å². The normalized spacial score (nSPS) is 16.3. The van der Waals surface area contributed by atoms with E-state index in [9.17, 15) is 9.59 Å². The Morgan fingerprint density at radius 2 is 1.93 bits per heavy atom. The van der Waals surface area contributed by atoms with Gasteiger partial charge in [-0.2, -0.15) is 0 Å². The molecule has 1 aromatic heterocycles. The van der Waals surface area contributed by atoms with E-state index in [0.717, 1.165) is 18.4 Å². The predicted octanol–water partition coefficient (Wildman–Crippen LogP) is 5.03. The molecule has 0 aliphatic carbocycles. The highest BCUT2D eigenvalue weighted by molar-refractivity contribution is 7.10. The second kappa shape index (κ2) is 9.52. The molecular weight excluding hydrogens is 416 g/mol. The van der Waals surface area contributed by atoms with Gasteiger partial charge in [-0.25, -0.2) is 0 Å². The van der Waals surface area contributed by atoms with Gasteiger partial charge >= 0.3 is 0 Å². The molecule has 2 amide bonds. The molecule has 1 unspecified atom stereocenters. The Hall–Kier alpha value is -1.85. The molecule has 6 heteroatoms. The molecule has 0 spiro atoms. The van der Waals surface area contributed by atoms with Crippen molar-refractivity contribution in [2.24, 2.45) is 5.41 Å². The zero-order valence-electron chi connectivity index (χ0n) is 18.3. The minimum atomic E-state index is -0.685. The van der Waals surface area contributed by atoms with E-state index in [-0.39, 0.29) is 30.3 Å². The number of thiophene rings is 1.